The van der Waals surface area contributed by atoms with E-state index >= 15 is 0 Å². The van der Waals surface area contributed by atoms with Crippen LogP contribution < -0.4 is 0 Å². The molecule has 7 nitrogen and oxygen atoms in total. The summed E-state index contributed by atoms with van der Waals surface area (Å²) in [7, 11) is 0. The van der Waals surface area contributed by atoms with Gasteiger partial charge in [0, 0.05) is 18.0 Å². The van der Waals surface area contributed by atoms with E-state index in [1.807, 2.05) is 19.9 Å². The molecule has 1 amide bonds. The van der Waals surface area contributed by atoms with E-state index in [2.05, 4.69) is 9.68 Å². The zero-order valence-corrected chi connectivity index (χ0v) is 15.7. The number of aryl methyl sites for hydroxylation is 1. The van der Waals surface area contributed by atoms with E-state index in [1.54, 1.807) is 11.0 Å². The Kier molecular flexibility index (Phi) is 5.99. The number of alkyl halides is 3. The third-order valence-corrected chi connectivity index (χ3v) is 4.42. The SMILES string of the molecule is CC1(C)CC2(C=C(C#N)C1=O)CN(C=O)CCO2.Cc1cc(C(F)(F)F)on1. The normalized spacial score (nSPS) is 24.1. The lowest BCUT2D eigenvalue weighted by atomic mass is 9.69. The minimum atomic E-state index is -4.42. The summed E-state index contributed by atoms with van der Waals surface area (Å²) in [5, 5.41) is 12.1. The number of hydrogen-bond donors (Lipinski definition) is 0. The Labute approximate surface area is 159 Å². The van der Waals surface area contributed by atoms with E-state index in [-0.39, 0.29) is 17.1 Å². The highest BCUT2D eigenvalue weighted by Gasteiger charge is 2.47. The summed E-state index contributed by atoms with van der Waals surface area (Å²) in [6.45, 7) is 6.43. The number of Topliss-reactive ketones (excluding diaryl/α,β-unsaturated/α-hetero) is 1. The van der Waals surface area contributed by atoms with Gasteiger partial charge in [-0.2, -0.15) is 18.4 Å². The van der Waals surface area contributed by atoms with Crippen LogP contribution in [-0.4, -0.2) is 47.5 Å². The predicted molar refractivity (Wildman–Crippen MR) is 89.7 cm³/mol. The molecule has 1 unspecified atom stereocenters. The lowest BCUT2D eigenvalue weighted by Gasteiger charge is -2.45. The number of halogens is 3. The molecule has 2 heterocycles. The number of rotatable bonds is 1. The summed E-state index contributed by atoms with van der Waals surface area (Å²) in [5.74, 6) is -1.20. The second-order valence-electron chi connectivity index (χ2n) is 7.38. The lowest BCUT2D eigenvalue weighted by Crippen LogP contribution is -2.55. The molecule has 0 N–H and O–H groups in total. The van der Waals surface area contributed by atoms with Crippen molar-refractivity contribution in [2.24, 2.45) is 5.41 Å². The molecule has 0 radical (unpaired) electrons. The molecule has 28 heavy (non-hydrogen) atoms. The second-order valence-corrected chi connectivity index (χ2v) is 7.38. The van der Waals surface area contributed by atoms with Crippen LogP contribution in [0.2, 0.25) is 0 Å². The molecule has 1 atom stereocenters. The van der Waals surface area contributed by atoms with Crippen LogP contribution in [-0.2, 0) is 20.5 Å². The molecule has 0 saturated carbocycles. The maximum atomic E-state index is 12.0. The van der Waals surface area contributed by atoms with Gasteiger partial charge in [-0.05, 0) is 19.4 Å². The fraction of sp³-hybridized carbons (Fsp3) is 0.556. The van der Waals surface area contributed by atoms with E-state index in [1.165, 1.54) is 6.92 Å². The van der Waals surface area contributed by atoms with E-state index in [0.717, 1.165) is 12.5 Å². The standard InChI is InChI=1S/C13H16N2O3.C5H4F3NO/c1-12(2)7-13(5-10(6-14)11(12)17)8-15(9-16)3-4-18-13;1-3-2-4(10-9-3)5(6,7)8/h5,9H,3-4,7-8H2,1-2H3;2H,1H3. The van der Waals surface area contributed by atoms with Gasteiger partial charge in [0.25, 0.3) is 0 Å². The van der Waals surface area contributed by atoms with Crippen LogP contribution in [0.4, 0.5) is 13.2 Å². The second kappa shape index (κ2) is 7.75. The fourth-order valence-corrected chi connectivity index (χ4v) is 3.27. The van der Waals surface area contributed by atoms with Crippen molar-refractivity contribution in [1.82, 2.24) is 10.1 Å². The summed E-state index contributed by atoms with van der Waals surface area (Å²) in [6.07, 6.45) is -1.54. The smallest absolute Gasteiger partial charge is 0.367 e. The molecule has 1 aromatic heterocycles. The highest BCUT2D eigenvalue weighted by atomic mass is 19.4. The fourth-order valence-electron chi connectivity index (χ4n) is 3.27. The van der Waals surface area contributed by atoms with E-state index in [4.69, 9.17) is 10.00 Å². The number of amides is 1. The van der Waals surface area contributed by atoms with Crippen molar-refractivity contribution >= 4 is 12.2 Å². The Bertz CT molecular complexity index is 823. The topological polar surface area (TPSA) is 96.4 Å². The number of allylic oxidation sites excluding steroid dienone is 1. The Morgan fingerprint density at radius 1 is 1.39 bits per heavy atom. The van der Waals surface area contributed by atoms with Crippen molar-refractivity contribution in [2.75, 3.05) is 19.7 Å². The maximum absolute atomic E-state index is 12.0. The lowest BCUT2D eigenvalue weighted by molar-refractivity contribution is -0.155. The molecule has 1 aliphatic carbocycles. The first-order valence-electron chi connectivity index (χ1n) is 8.44. The van der Waals surface area contributed by atoms with Gasteiger partial charge in [-0.3, -0.25) is 9.59 Å². The summed E-state index contributed by atoms with van der Waals surface area (Å²) in [4.78, 5) is 24.5. The van der Waals surface area contributed by atoms with Gasteiger partial charge in [-0.15, -0.1) is 0 Å². The molecule has 1 aromatic rings. The first-order valence-corrected chi connectivity index (χ1v) is 8.44. The van der Waals surface area contributed by atoms with E-state index in [9.17, 15) is 22.8 Å². The molecular formula is C18H20F3N3O4. The highest BCUT2D eigenvalue weighted by Crippen LogP contribution is 2.41. The Balaban J connectivity index is 0.000000237. The number of carbonyl (C=O) groups excluding carboxylic acids is 2. The van der Waals surface area contributed by atoms with Crippen molar-refractivity contribution < 1.29 is 32.0 Å². The molecule has 3 rings (SSSR count). The van der Waals surface area contributed by atoms with Gasteiger partial charge in [-0.1, -0.05) is 19.0 Å². The van der Waals surface area contributed by atoms with Crippen molar-refractivity contribution in [2.45, 2.75) is 39.0 Å². The molecule has 1 fully saturated rings. The first kappa shape index (κ1) is 21.6. The van der Waals surface area contributed by atoms with E-state index < -0.39 is 23.0 Å². The van der Waals surface area contributed by atoms with Crippen LogP contribution in [0, 0.1) is 23.7 Å². The number of nitrogens with zero attached hydrogens (tertiary/aromatic N) is 3. The molecule has 1 saturated heterocycles. The number of ether oxygens (including phenoxy) is 1. The molecule has 1 spiro atoms. The number of ketones is 1. The number of hydrogen-bond acceptors (Lipinski definition) is 6. The summed E-state index contributed by atoms with van der Waals surface area (Å²) >= 11 is 0. The number of nitriles is 1. The largest absolute Gasteiger partial charge is 0.452 e. The number of aromatic nitrogens is 1. The summed E-state index contributed by atoms with van der Waals surface area (Å²) in [5.41, 5.74) is -0.959. The molecular weight excluding hydrogens is 379 g/mol. The van der Waals surface area contributed by atoms with Gasteiger partial charge in [0.2, 0.25) is 12.2 Å². The van der Waals surface area contributed by atoms with Crippen molar-refractivity contribution in [3.05, 3.63) is 29.2 Å². The summed E-state index contributed by atoms with van der Waals surface area (Å²) in [6, 6.07) is 2.79. The van der Waals surface area contributed by atoms with E-state index in [0.29, 0.717) is 26.1 Å². The number of morpholine rings is 1. The van der Waals surface area contributed by atoms with Crippen LogP contribution >= 0.6 is 0 Å². The van der Waals surface area contributed by atoms with Gasteiger partial charge < -0.3 is 14.2 Å². The van der Waals surface area contributed by atoms with Crippen molar-refractivity contribution in [3.63, 3.8) is 0 Å². The van der Waals surface area contributed by atoms with Crippen LogP contribution in [0.5, 0.6) is 0 Å². The molecule has 2 aliphatic rings. The Morgan fingerprint density at radius 3 is 2.54 bits per heavy atom. The minimum absolute atomic E-state index is 0.138. The van der Waals surface area contributed by atoms with Gasteiger partial charge >= 0.3 is 6.18 Å². The molecule has 152 valence electrons. The zero-order valence-electron chi connectivity index (χ0n) is 15.7. The molecule has 10 heteroatoms. The average molecular weight is 399 g/mol. The minimum Gasteiger partial charge on any atom is -0.367 e. The Hall–Kier alpha value is -2.67. The molecule has 0 bridgehead atoms. The maximum Gasteiger partial charge on any atom is 0.452 e. The van der Waals surface area contributed by atoms with Gasteiger partial charge in [0.1, 0.15) is 11.7 Å². The molecule has 0 aromatic carbocycles. The predicted octanol–water partition coefficient (Wildman–Crippen LogP) is 2.66. The first-order chi connectivity index (χ1) is 12.9. The number of carbonyl (C=O) groups is 2. The van der Waals surface area contributed by atoms with Crippen molar-refractivity contribution in [1.29, 1.82) is 5.26 Å². The average Bonchev–Trinajstić information content (AvgIpc) is 3.05. The van der Waals surface area contributed by atoms with Gasteiger partial charge in [-0.25, -0.2) is 0 Å². The van der Waals surface area contributed by atoms with Crippen LogP contribution in [0.25, 0.3) is 0 Å². The van der Waals surface area contributed by atoms with Crippen molar-refractivity contribution in [3.8, 4) is 6.07 Å². The monoisotopic (exact) mass is 399 g/mol. The third kappa shape index (κ3) is 4.78. The molecule has 1 aliphatic heterocycles. The quantitative estimate of drug-likeness (QED) is 0.674. The third-order valence-electron chi connectivity index (χ3n) is 4.42. The van der Waals surface area contributed by atoms with Gasteiger partial charge in [0.15, 0.2) is 5.78 Å². The highest BCUT2D eigenvalue weighted by molar-refractivity contribution is 6.03. The zero-order chi connectivity index (χ0) is 21.2. The van der Waals surface area contributed by atoms with Gasteiger partial charge in [0.05, 0.1) is 24.4 Å². The van der Waals surface area contributed by atoms with Crippen LogP contribution in [0.15, 0.2) is 22.2 Å². The Morgan fingerprint density at radius 2 is 2.07 bits per heavy atom. The van der Waals surface area contributed by atoms with Crippen LogP contribution in [0.3, 0.4) is 0 Å². The van der Waals surface area contributed by atoms with Crippen LogP contribution in [0.1, 0.15) is 31.7 Å². The summed E-state index contributed by atoms with van der Waals surface area (Å²) < 4.78 is 44.7.